The highest BCUT2D eigenvalue weighted by molar-refractivity contribution is 6.31. The lowest BCUT2D eigenvalue weighted by Gasteiger charge is -2.07. The average molecular weight is 370 g/mol. The summed E-state index contributed by atoms with van der Waals surface area (Å²) >= 11 is 6.03. The zero-order chi connectivity index (χ0) is 19.1. The van der Waals surface area contributed by atoms with Gasteiger partial charge in [0.05, 0.1) is 0 Å². The summed E-state index contributed by atoms with van der Waals surface area (Å²) in [5.41, 5.74) is 6.96. The van der Waals surface area contributed by atoms with E-state index in [1.54, 1.807) is 42.5 Å². The molecule has 6 nitrogen and oxygen atoms in total. The van der Waals surface area contributed by atoms with Gasteiger partial charge < -0.3 is 15.8 Å². The summed E-state index contributed by atoms with van der Waals surface area (Å²) in [5.74, 6) is -0.659. The summed E-state index contributed by atoms with van der Waals surface area (Å²) < 4.78 is 5.15. The lowest BCUT2D eigenvalue weighted by molar-refractivity contribution is -0.120. The quantitative estimate of drug-likeness (QED) is 0.603. The molecule has 0 unspecified atom stereocenters. The van der Waals surface area contributed by atoms with Gasteiger partial charge in [0.15, 0.2) is 6.61 Å². The molecule has 0 heterocycles. The van der Waals surface area contributed by atoms with Crippen molar-refractivity contribution < 1.29 is 14.3 Å². The van der Waals surface area contributed by atoms with Gasteiger partial charge in [0, 0.05) is 10.7 Å². The number of hydrogen-bond acceptors (Lipinski definition) is 4. The molecule has 0 radical (unpaired) electrons. The fraction of sp³-hybridized carbons (Fsp3) is 0.105. The maximum Gasteiger partial charge on any atom is 0.266 e. The fourth-order valence-electron chi connectivity index (χ4n) is 2.00. The van der Waals surface area contributed by atoms with Crippen LogP contribution in [0.15, 0.2) is 48.0 Å². The van der Waals surface area contributed by atoms with Crippen molar-refractivity contribution in [3.63, 3.8) is 0 Å². The number of amides is 2. The largest absolute Gasteiger partial charge is 0.484 e. The number of hydrogen-bond donors (Lipinski definition) is 2. The summed E-state index contributed by atoms with van der Waals surface area (Å²) in [6, 6.07) is 13.5. The van der Waals surface area contributed by atoms with Crippen molar-refractivity contribution in [3.05, 3.63) is 64.2 Å². The SMILES string of the molecule is Cc1ccc(NC(=O)/C(C#N)=C/c2ccc(OCC(N)=O)cc2)cc1Cl. The second-order valence-electron chi connectivity index (χ2n) is 5.41. The minimum atomic E-state index is -0.575. The van der Waals surface area contributed by atoms with E-state index in [0.717, 1.165) is 5.56 Å². The third-order valence-electron chi connectivity index (χ3n) is 3.37. The van der Waals surface area contributed by atoms with Crippen molar-refractivity contribution in [2.75, 3.05) is 11.9 Å². The van der Waals surface area contributed by atoms with E-state index in [1.165, 1.54) is 6.08 Å². The Kier molecular flexibility index (Phi) is 6.36. The van der Waals surface area contributed by atoms with Crippen molar-refractivity contribution in [3.8, 4) is 11.8 Å². The first-order valence-corrected chi connectivity index (χ1v) is 7.97. The molecule has 0 saturated heterocycles. The molecule has 2 amide bonds. The van der Waals surface area contributed by atoms with Crippen molar-refractivity contribution in [1.82, 2.24) is 0 Å². The van der Waals surface area contributed by atoms with Crippen LogP contribution < -0.4 is 15.8 Å². The molecule has 3 N–H and O–H groups in total. The van der Waals surface area contributed by atoms with E-state index < -0.39 is 11.8 Å². The van der Waals surface area contributed by atoms with Gasteiger partial charge in [0.2, 0.25) is 0 Å². The number of nitrogens with one attached hydrogen (secondary N) is 1. The van der Waals surface area contributed by atoms with Gasteiger partial charge in [-0.2, -0.15) is 5.26 Å². The van der Waals surface area contributed by atoms with Gasteiger partial charge in [0.1, 0.15) is 17.4 Å². The van der Waals surface area contributed by atoms with Crippen LogP contribution in [0, 0.1) is 18.3 Å². The number of benzene rings is 2. The number of ether oxygens (including phenoxy) is 1. The molecular weight excluding hydrogens is 354 g/mol. The number of carbonyl (C=O) groups excluding carboxylic acids is 2. The molecule has 0 atom stereocenters. The molecule has 0 fully saturated rings. The molecule has 2 rings (SSSR count). The Labute approximate surface area is 155 Å². The predicted molar refractivity (Wildman–Crippen MR) is 99.5 cm³/mol. The smallest absolute Gasteiger partial charge is 0.266 e. The Bertz CT molecular complexity index is 899. The van der Waals surface area contributed by atoms with Crippen molar-refractivity contribution in [2.24, 2.45) is 5.73 Å². The number of nitrogens with two attached hydrogens (primary N) is 1. The van der Waals surface area contributed by atoms with Gasteiger partial charge in [-0.05, 0) is 48.4 Å². The minimum absolute atomic E-state index is 0.0625. The highest BCUT2D eigenvalue weighted by Gasteiger charge is 2.10. The van der Waals surface area contributed by atoms with Gasteiger partial charge in [-0.3, -0.25) is 9.59 Å². The van der Waals surface area contributed by atoms with Crippen LogP contribution in [0.5, 0.6) is 5.75 Å². The number of anilines is 1. The first-order chi connectivity index (χ1) is 12.4. The fourth-order valence-corrected chi connectivity index (χ4v) is 2.18. The van der Waals surface area contributed by atoms with Crippen LogP contribution in [-0.4, -0.2) is 18.4 Å². The van der Waals surface area contributed by atoms with Crippen molar-refractivity contribution >= 4 is 35.2 Å². The van der Waals surface area contributed by atoms with Gasteiger partial charge in [-0.15, -0.1) is 0 Å². The minimum Gasteiger partial charge on any atom is -0.484 e. The van der Waals surface area contributed by atoms with Crippen LogP contribution in [-0.2, 0) is 9.59 Å². The molecule has 0 aliphatic rings. The maximum absolute atomic E-state index is 12.3. The zero-order valence-corrected chi connectivity index (χ0v) is 14.7. The summed E-state index contributed by atoms with van der Waals surface area (Å²) in [4.78, 5) is 23.0. The van der Waals surface area contributed by atoms with E-state index in [2.05, 4.69) is 5.32 Å². The molecular formula is C19H16ClN3O3. The number of halogens is 1. The first-order valence-electron chi connectivity index (χ1n) is 7.59. The Morgan fingerprint density at radius 3 is 2.54 bits per heavy atom. The number of nitriles is 1. The topological polar surface area (TPSA) is 105 Å². The second kappa shape index (κ2) is 8.70. The highest BCUT2D eigenvalue weighted by Crippen LogP contribution is 2.21. The van der Waals surface area contributed by atoms with E-state index in [4.69, 9.17) is 22.1 Å². The zero-order valence-electron chi connectivity index (χ0n) is 14.0. The molecule has 132 valence electrons. The standard InChI is InChI=1S/C19H16ClN3O3/c1-12-2-5-15(9-17(12)20)23-19(25)14(10-21)8-13-3-6-16(7-4-13)26-11-18(22)24/h2-9H,11H2,1H3,(H2,22,24)(H,23,25)/b14-8+. The average Bonchev–Trinajstić information content (AvgIpc) is 2.61. The van der Waals surface area contributed by atoms with Gasteiger partial charge in [-0.25, -0.2) is 0 Å². The van der Waals surface area contributed by atoms with Crippen LogP contribution in [0.2, 0.25) is 5.02 Å². The molecule has 0 aliphatic heterocycles. The summed E-state index contributed by atoms with van der Waals surface area (Å²) in [7, 11) is 0. The number of rotatable bonds is 6. The summed E-state index contributed by atoms with van der Waals surface area (Å²) in [6.07, 6.45) is 1.45. The van der Waals surface area contributed by atoms with Gasteiger partial charge >= 0.3 is 0 Å². The Balaban J connectivity index is 2.11. The Hall–Kier alpha value is -3.30. The number of carbonyl (C=O) groups is 2. The third-order valence-corrected chi connectivity index (χ3v) is 3.77. The lowest BCUT2D eigenvalue weighted by Crippen LogP contribution is -2.19. The maximum atomic E-state index is 12.3. The predicted octanol–water partition coefficient (Wildman–Crippen LogP) is 3.06. The number of nitrogens with zero attached hydrogens (tertiary/aromatic N) is 1. The highest BCUT2D eigenvalue weighted by atomic mass is 35.5. The van der Waals surface area contributed by atoms with Crippen LogP contribution in [0.25, 0.3) is 6.08 Å². The molecule has 0 saturated carbocycles. The van der Waals surface area contributed by atoms with Crippen molar-refractivity contribution in [2.45, 2.75) is 6.92 Å². The van der Waals surface area contributed by atoms with E-state index in [-0.39, 0.29) is 12.2 Å². The Morgan fingerprint density at radius 1 is 1.27 bits per heavy atom. The monoisotopic (exact) mass is 369 g/mol. The third kappa shape index (κ3) is 5.36. The van der Waals surface area contributed by atoms with Gasteiger partial charge in [-0.1, -0.05) is 29.8 Å². The van der Waals surface area contributed by atoms with Crippen LogP contribution in [0.4, 0.5) is 5.69 Å². The molecule has 0 bridgehead atoms. The molecule has 2 aromatic rings. The van der Waals surface area contributed by atoms with E-state index in [0.29, 0.717) is 22.0 Å². The normalized spacial score (nSPS) is 10.7. The molecule has 7 heteroatoms. The molecule has 0 aliphatic carbocycles. The van der Waals surface area contributed by atoms with Crippen LogP contribution in [0.3, 0.4) is 0 Å². The number of primary amides is 1. The number of aryl methyl sites for hydroxylation is 1. The van der Waals surface area contributed by atoms with Gasteiger partial charge in [0.25, 0.3) is 11.8 Å². The van der Waals surface area contributed by atoms with Crippen LogP contribution in [0.1, 0.15) is 11.1 Å². The van der Waals surface area contributed by atoms with Crippen LogP contribution >= 0.6 is 11.6 Å². The second-order valence-corrected chi connectivity index (χ2v) is 5.82. The van der Waals surface area contributed by atoms with Crippen molar-refractivity contribution in [1.29, 1.82) is 5.26 Å². The lowest BCUT2D eigenvalue weighted by atomic mass is 10.1. The van der Waals surface area contributed by atoms with E-state index >= 15 is 0 Å². The molecule has 2 aromatic carbocycles. The molecule has 26 heavy (non-hydrogen) atoms. The first kappa shape index (κ1) is 19.0. The van der Waals surface area contributed by atoms with E-state index in [9.17, 15) is 14.9 Å². The Morgan fingerprint density at radius 2 is 1.96 bits per heavy atom. The molecule has 0 spiro atoms. The van der Waals surface area contributed by atoms with E-state index in [1.807, 2.05) is 13.0 Å². The summed E-state index contributed by atoms with van der Waals surface area (Å²) in [5, 5.41) is 12.4. The molecule has 0 aromatic heterocycles. The summed E-state index contributed by atoms with van der Waals surface area (Å²) in [6.45, 7) is 1.63.